The first-order chi connectivity index (χ1) is 11.6. The third kappa shape index (κ3) is 4.75. The summed E-state index contributed by atoms with van der Waals surface area (Å²) in [7, 11) is 0. The maximum absolute atomic E-state index is 6.10. The van der Waals surface area contributed by atoms with Crippen LogP contribution in [0.2, 0.25) is 0 Å². The lowest BCUT2D eigenvalue weighted by atomic mass is 9.68. The summed E-state index contributed by atoms with van der Waals surface area (Å²) in [5, 5.41) is 0. The van der Waals surface area contributed by atoms with Gasteiger partial charge in [0.2, 0.25) is 0 Å². The molecule has 0 aromatic carbocycles. The van der Waals surface area contributed by atoms with Crippen molar-refractivity contribution in [2.45, 2.75) is 70.8 Å². The normalized spacial score (nSPS) is 37.8. The fourth-order valence-electron chi connectivity index (χ4n) is 5.21. The van der Waals surface area contributed by atoms with E-state index in [4.69, 9.17) is 4.74 Å². The van der Waals surface area contributed by atoms with Gasteiger partial charge in [0.15, 0.2) is 0 Å². The molecular weight excluding hydrogens is 296 g/mol. The molecule has 0 amide bonds. The first kappa shape index (κ1) is 18.2. The molecule has 3 aliphatic rings. The van der Waals surface area contributed by atoms with E-state index < -0.39 is 0 Å². The van der Waals surface area contributed by atoms with Gasteiger partial charge < -0.3 is 14.5 Å². The van der Waals surface area contributed by atoms with Gasteiger partial charge in [0.05, 0.1) is 31.8 Å². The summed E-state index contributed by atoms with van der Waals surface area (Å²) < 4.78 is 6.10. The molecule has 2 N–H and O–H groups in total. The van der Waals surface area contributed by atoms with Gasteiger partial charge in [0.25, 0.3) is 0 Å². The van der Waals surface area contributed by atoms with E-state index in [0.717, 1.165) is 26.1 Å². The Morgan fingerprint density at radius 3 is 2.38 bits per heavy atom. The van der Waals surface area contributed by atoms with Gasteiger partial charge in [-0.1, -0.05) is 6.92 Å². The highest BCUT2D eigenvalue weighted by Crippen LogP contribution is 2.43. The van der Waals surface area contributed by atoms with E-state index in [1.54, 1.807) is 9.80 Å². The number of likely N-dealkylation sites (tertiary alicyclic amines) is 2. The Labute approximate surface area is 149 Å². The number of ether oxygens (including phenoxy) is 1. The second-order valence-corrected chi connectivity index (χ2v) is 8.88. The van der Waals surface area contributed by atoms with Crippen LogP contribution in [-0.4, -0.2) is 51.5 Å². The Bertz CT molecular complexity index is 458. The van der Waals surface area contributed by atoms with Crippen molar-refractivity contribution >= 4 is 0 Å². The zero-order chi connectivity index (χ0) is 16.9. The molecule has 136 valence electrons. The summed E-state index contributed by atoms with van der Waals surface area (Å²) in [6.45, 7) is 13.0. The molecule has 1 spiro atoms. The van der Waals surface area contributed by atoms with Gasteiger partial charge in [-0.2, -0.15) is 0 Å². The van der Waals surface area contributed by atoms with Gasteiger partial charge in [-0.05, 0) is 70.1 Å². The molecule has 3 heteroatoms. The first-order valence-corrected chi connectivity index (χ1v) is 10.4. The first-order valence-electron chi connectivity index (χ1n) is 10.4. The monoisotopic (exact) mass is 334 g/mol. The minimum atomic E-state index is 0.115. The van der Waals surface area contributed by atoms with Crippen LogP contribution in [-0.2, 0) is 4.74 Å². The zero-order valence-corrected chi connectivity index (χ0v) is 16.0. The van der Waals surface area contributed by atoms with Crippen LogP contribution in [0.1, 0.15) is 65.2 Å². The summed E-state index contributed by atoms with van der Waals surface area (Å²) in [5.41, 5.74) is 0.639. The molecule has 1 unspecified atom stereocenters. The molecule has 0 radical (unpaired) electrons. The van der Waals surface area contributed by atoms with E-state index in [-0.39, 0.29) is 5.60 Å². The van der Waals surface area contributed by atoms with Gasteiger partial charge in [-0.15, -0.1) is 0 Å². The van der Waals surface area contributed by atoms with Gasteiger partial charge in [0, 0.05) is 12.0 Å². The second-order valence-electron chi connectivity index (χ2n) is 8.88. The van der Waals surface area contributed by atoms with Crippen LogP contribution in [0.5, 0.6) is 0 Å². The maximum Gasteiger partial charge on any atom is 0.139 e. The molecule has 0 bridgehead atoms. The number of hydrogen-bond donors (Lipinski definition) is 2. The molecule has 24 heavy (non-hydrogen) atoms. The van der Waals surface area contributed by atoms with E-state index >= 15 is 0 Å². The van der Waals surface area contributed by atoms with Crippen LogP contribution in [0.3, 0.4) is 0 Å². The number of rotatable bonds is 3. The number of nitrogens with one attached hydrogen (secondary N) is 2. The fraction of sp³-hybridized carbons (Fsp3) is 0.905. The fourth-order valence-corrected chi connectivity index (χ4v) is 5.21. The van der Waals surface area contributed by atoms with E-state index in [2.05, 4.69) is 25.7 Å². The predicted octanol–water partition coefficient (Wildman–Crippen LogP) is 0.703. The Morgan fingerprint density at radius 1 is 0.917 bits per heavy atom. The molecule has 3 rings (SSSR count). The third-order valence-electron chi connectivity index (χ3n) is 6.80. The summed E-state index contributed by atoms with van der Waals surface area (Å²) in [6.07, 6.45) is 10.7. The minimum absolute atomic E-state index is 0.115. The van der Waals surface area contributed by atoms with Crippen molar-refractivity contribution in [3.63, 3.8) is 0 Å². The highest BCUT2D eigenvalue weighted by Gasteiger charge is 2.46. The van der Waals surface area contributed by atoms with Crippen LogP contribution < -0.4 is 9.80 Å². The minimum Gasteiger partial charge on any atom is -0.375 e. The molecule has 3 heterocycles. The van der Waals surface area contributed by atoms with Crippen molar-refractivity contribution < 1.29 is 14.5 Å². The van der Waals surface area contributed by atoms with Gasteiger partial charge in [-0.25, -0.2) is 0 Å². The predicted molar refractivity (Wildman–Crippen MR) is 98.3 cm³/mol. The molecule has 3 aliphatic heterocycles. The van der Waals surface area contributed by atoms with Gasteiger partial charge >= 0.3 is 0 Å². The van der Waals surface area contributed by atoms with E-state index in [1.807, 2.05) is 0 Å². The van der Waals surface area contributed by atoms with Crippen LogP contribution in [0.25, 0.3) is 0 Å². The van der Waals surface area contributed by atoms with Crippen molar-refractivity contribution in [2.24, 2.45) is 5.41 Å². The van der Waals surface area contributed by atoms with Crippen molar-refractivity contribution in [3.05, 3.63) is 0 Å². The second kappa shape index (κ2) is 8.21. The van der Waals surface area contributed by atoms with Crippen molar-refractivity contribution in [1.82, 2.24) is 0 Å². The Balaban J connectivity index is 1.49. The van der Waals surface area contributed by atoms with E-state index in [9.17, 15) is 0 Å². The highest BCUT2D eigenvalue weighted by molar-refractivity contribution is 4.99. The zero-order valence-electron chi connectivity index (χ0n) is 16.0. The highest BCUT2D eigenvalue weighted by atomic mass is 16.5. The molecule has 3 fully saturated rings. The Kier molecular flexibility index (Phi) is 6.24. The number of piperidine rings is 2. The summed E-state index contributed by atoms with van der Waals surface area (Å²) in [4.78, 5) is 3.43. The van der Waals surface area contributed by atoms with Crippen molar-refractivity contribution in [2.75, 3.05) is 45.9 Å². The van der Waals surface area contributed by atoms with Crippen LogP contribution in [0.4, 0.5) is 0 Å². The standard InChI is InChI=1S/C21H36N2O/c1-3-20(2)18-21(11-17-24-20)10-9-16-23(19-21)15-8-7-14-22-12-5-4-6-13-22/h3-6,9-19H2,1-2H3/p+2/t20-,21+/m0/s1. The van der Waals surface area contributed by atoms with Gasteiger partial charge in [0.1, 0.15) is 13.1 Å². The molecule has 3 nitrogen and oxygen atoms in total. The Morgan fingerprint density at radius 2 is 1.62 bits per heavy atom. The average molecular weight is 335 g/mol. The van der Waals surface area contributed by atoms with Gasteiger partial charge in [-0.3, -0.25) is 0 Å². The molecule has 0 aromatic rings. The SMILES string of the molecule is CC[C@@]1(C)C[C@@]2(CCC[NH+](CC#CC[NH+]3CCCCC3)C2)CCO1. The lowest BCUT2D eigenvalue weighted by Gasteiger charge is -2.48. The Hall–Kier alpha value is -0.560. The molecule has 0 aliphatic carbocycles. The van der Waals surface area contributed by atoms with E-state index in [1.165, 1.54) is 71.1 Å². The quantitative estimate of drug-likeness (QED) is 0.727. The topological polar surface area (TPSA) is 18.1 Å². The van der Waals surface area contributed by atoms with Crippen LogP contribution >= 0.6 is 0 Å². The average Bonchev–Trinajstić information content (AvgIpc) is 2.60. The molecule has 3 atom stereocenters. The lowest BCUT2D eigenvalue weighted by Crippen LogP contribution is -3.14. The summed E-state index contributed by atoms with van der Waals surface area (Å²) >= 11 is 0. The molecule has 0 saturated carbocycles. The largest absolute Gasteiger partial charge is 0.375 e. The molecule has 3 saturated heterocycles. The lowest BCUT2D eigenvalue weighted by molar-refractivity contribution is -0.906. The van der Waals surface area contributed by atoms with Crippen molar-refractivity contribution in [3.8, 4) is 11.8 Å². The van der Waals surface area contributed by atoms with Crippen LogP contribution in [0.15, 0.2) is 0 Å². The molecular formula is C21H38N2O+2. The van der Waals surface area contributed by atoms with Crippen molar-refractivity contribution in [1.29, 1.82) is 0 Å². The molecule has 0 aromatic heterocycles. The maximum atomic E-state index is 6.10. The van der Waals surface area contributed by atoms with Crippen LogP contribution in [0, 0.1) is 17.3 Å². The number of quaternary nitrogens is 2. The van der Waals surface area contributed by atoms with E-state index in [0.29, 0.717) is 5.41 Å². The summed E-state index contributed by atoms with van der Waals surface area (Å²) in [6, 6.07) is 0. The summed E-state index contributed by atoms with van der Waals surface area (Å²) in [5.74, 6) is 7.01. The smallest absolute Gasteiger partial charge is 0.139 e. The third-order valence-corrected chi connectivity index (χ3v) is 6.80. The number of hydrogen-bond acceptors (Lipinski definition) is 1.